The van der Waals surface area contributed by atoms with Crippen LogP contribution in [0.3, 0.4) is 0 Å². The van der Waals surface area contributed by atoms with Crippen molar-refractivity contribution in [3.8, 4) is 5.88 Å². The first kappa shape index (κ1) is 17.6. The summed E-state index contributed by atoms with van der Waals surface area (Å²) < 4.78 is 16.6. The minimum atomic E-state index is -0.171. The lowest BCUT2D eigenvalue weighted by Crippen LogP contribution is -2.42. The van der Waals surface area contributed by atoms with Crippen molar-refractivity contribution in [1.29, 1.82) is 0 Å². The third kappa shape index (κ3) is 4.26. The lowest BCUT2D eigenvalue weighted by atomic mass is 10.2. The van der Waals surface area contributed by atoms with Gasteiger partial charge in [-0.05, 0) is 20.8 Å². The molecule has 0 aromatic carbocycles. The van der Waals surface area contributed by atoms with Crippen LogP contribution in [0.2, 0.25) is 0 Å². The molecule has 1 saturated heterocycles. The average Bonchev–Trinajstić information content (AvgIpc) is 2.88. The number of aromatic nitrogens is 2. The summed E-state index contributed by atoms with van der Waals surface area (Å²) in [6.07, 6.45) is 0. The molecular formula is C17H24N4O4. The molecule has 0 atom stereocenters. The van der Waals surface area contributed by atoms with Gasteiger partial charge in [0.25, 0.3) is 5.91 Å². The highest BCUT2D eigenvalue weighted by Crippen LogP contribution is 2.30. The molecule has 1 aliphatic rings. The van der Waals surface area contributed by atoms with Gasteiger partial charge < -0.3 is 19.2 Å². The summed E-state index contributed by atoms with van der Waals surface area (Å²) in [6, 6.07) is 0. The number of rotatable bonds is 6. The Balaban J connectivity index is 1.54. The molecule has 0 spiro atoms. The topological polar surface area (TPSA) is 89.7 Å². The van der Waals surface area contributed by atoms with Gasteiger partial charge in [-0.25, -0.2) is 0 Å². The van der Waals surface area contributed by atoms with E-state index in [2.05, 4.69) is 20.2 Å². The molecule has 1 amide bonds. The van der Waals surface area contributed by atoms with E-state index in [0.29, 0.717) is 24.0 Å². The Morgan fingerprint density at radius 3 is 2.76 bits per heavy atom. The van der Waals surface area contributed by atoms with Crippen LogP contribution in [0.5, 0.6) is 5.88 Å². The van der Waals surface area contributed by atoms with E-state index in [-0.39, 0.29) is 12.5 Å². The number of fused-ring (bicyclic) bond motifs is 1. The summed E-state index contributed by atoms with van der Waals surface area (Å²) in [5, 5.41) is 3.60. The highest BCUT2D eigenvalue weighted by molar-refractivity contribution is 5.84. The highest BCUT2D eigenvalue weighted by Gasteiger charge is 2.17. The summed E-state index contributed by atoms with van der Waals surface area (Å²) in [7, 11) is 0. The number of ether oxygens (including phenoxy) is 2. The highest BCUT2D eigenvalue weighted by atomic mass is 16.5. The van der Waals surface area contributed by atoms with Crippen molar-refractivity contribution in [2.75, 3.05) is 46.0 Å². The van der Waals surface area contributed by atoms with Gasteiger partial charge in [-0.2, -0.15) is 9.97 Å². The summed E-state index contributed by atoms with van der Waals surface area (Å²) in [5.74, 6) is 1.54. The number of morpholine rings is 1. The van der Waals surface area contributed by atoms with Gasteiger partial charge in [-0.15, -0.1) is 0 Å². The maximum atomic E-state index is 12.0. The van der Waals surface area contributed by atoms with E-state index in [1.54, 1.807) is 6.92 Å². The van der Waals surface area contributed by atoms with Gasteiger partial charge in [0.05, 0.1) is 13.2 Å². The first-order chi connectivity index (χ1) is 12.0. The minimum absolute atomic E-state index is 0.0850. The van der Waals surface area contributed by atoms with Crippen LogP contribution in [0.25, 0.3) is 11.1 Å². The minimum Gasteiger partial charge on any atom is -0.467 e. The molecule has 8 nitrogen and oxygen atoms in total. The van der Waals surface area contributed by atoms with Crippen molar-refractivity contribution in [3.05, 3.63) is 17.1 Å². The van der Waals surface area contributed by atoms with Gasteiger partial charge >= 0.3 is 0 Å². The molecule has 2 aromatic heterocycles. The quantitative estimate of drug-likeness (QED) is 0.832. The molecule has 2 aromatic rings. The maximum Gasteiger partial charge on any atom is 0.258 e. The van der Waals surface area contributed by atoms with Gasteiger partial charge in [0, 0.05) is 31.7 Å². The van der Waals surface area contributed by atoms with Crippen molar-refractivity contribution in [2.24, 2.45) is 0 Å². The Morgan fingerprint density at radius 2 is 2.00 bits per heavy atom. The largest absolute Gasteiger partial charge is 0.467 e. The Bertz CT molecular complexity index is 753. The predicted molar refractivity (Wildman–Crippen MR) is 91.8 cm³/mol. The Morgan fingerprint density at radius 1 is 1.24 bits per heavy atom. The maximum absolute atomic E-state index is 12.0. The molecule has 0 bridgehead atoms. The summed E-state index contributed by atoms with van der Waals surface area (Å²) in [5.41, 5.74) is 1.42. The smallest absolute Gasteiger partial charge is 0.258 e. The van der Waals surface area contributed by atoms with E-state index in [1.165, 1.54) is 0 Å². The molecule has 0 aliphatic carbocycles. The second-order valence-corrected chi connectivity index (χ2v) is 6.13. The molecular weight excluding hydrogens is 324 g/mol. The van der Waals surface area contributed by atoms with Crippen LogP contribution < -0.4 is 10.1 Å². The fourth-order valence-electron chi connectivity index (χ4n) is 2.78. The van der Waals surface area contributed by atoms with Crippen molar-refractivity contribution in [1.82, 2.24) is 20.2 Å². The summed E-state index contributed by atoms with van der Waals surface area (Å²) in [4.78, 5) is 22.9. The first-order valence-corrected chi connectivity index (χ1v) is 8.48. The predicted octanol–water partition coefficient (Wildman–Crippen LogP) is 0.975. The number of nitrogens with one attached hydrogen (secondary N) is 1. The van der Waals surface area contributed by atoms with E-state index < -0.39 is 0 Å². The molecule has 3 heterocycles. The number of aryl methyl sites for hydroxylation is 3. The lowest BCUT2D eigenvalue weighted by Gasteiger charge is -2.26. The van der Waals surface area contributed by atoms with Crippen LogP contribution in [0.4, 0.5) is 0 Å². The second kappa shape index (κ2) is 7.79. The fourth-order valence-corrected chi connectivity index (χ4v) is 2.78. The molecule has 8 heteroatoms. The van der Waals surface area contributed by atoms with Gasteiger partial charge in [0.2, 0.25) is 11.6 Å². The van der Waals surface area contributed by atoms with Gasteiger partial charge in [0.15, 0.2) is 6.61 Å². The zero-order valence-corrected chi connectivity index (χ0v) is 14.9. The van der Waals surface area contributed by atoms with Crippen molar-refractivity contribution < 1.29 is 18.7 Å². The molecule has 1 aliphatic heterocycles. The van der Waals surface area contributed by atoms with Crippen LogP contribution in [-0.2, 0) is 9.53 Å². The van der Waals surface area contributed by atoms with E-state index in [4.69, 9.17) is 13.9 Å². The zero-order valence-electron chi connectivity index (χ0n) is 14.9. The van der Waals surface area contributed by atoms with E-state index in [1.807, 2.05) is 13.8 Å². The van der Waals surface area contributed by atoms with Crippen LogP contribution in [0.15, 0.2) is 4.42 Å². The average molecular weight is 348 g/mol. The third-order valence-corrected chi connectivity index (χ3v) is 4.30. The number of hydrogen-bond donors (Lipinski definition) is 1. The van der Waals surface area contributed by atoms with Crippen LogP contribution in [-0.4, -0.2) is 66.8 Å². The molecule has 0 radical (unpaired) electrons. The van der Waals surface area contributed by atoms with Gasteiger partial charge in [-0.3, -0.25) is 9.69 Å². The van der Waals surface area contributed by atoms with Crippen molar-refractivity contribution in [2.45, 2.75) is 20.8 Å². The van der Waals surface area contributed by atoms with E-state index in [0.717, 1.165) is 49.6 Å². The summed E-state index contributed by atoms with van der Waals surface area (Å²) in [6.45, 7) is 10.2. The zero-order chi connectivity index (χ0) is 17.8. The Kier molecular flexibility index (Phi) is 5.50. The van der Waals surface area contributed by atoms with Crippen molar-refractivity contribution >= 4 is 17.0 Å². The monoisotopic (exact) mass is 348 g/mol. The number of carbonyl (C=O) groups is 1. The molecule has 136 valence electrons. The molecule has 3 rings (SSSR count). The number of amides is 1. The number of furan rings is 1. The molecule has 0 saturated carbocycles. The Labute approximate surface area is 146 Å². The normalized spacial score (nSPS) is 15.5. The van der Waals surface area contributed by atoms with Crippen molar-refractivity contribution in [3.63, 3.8) is 0 Å². The van der Waals surface area contributed by atoms with Gasteiger partial charge in [0.1, 0.15) is 17.0 Å². The fraction of sp³-hybridized carbons (Fsp3) is 0.588. The summed E-state index contributed by atoms with van der Waals surface area (Å²) >= 11 is 0. The second-order valence-electron chi connectivity index (χ2n) is 6.13. The SMILES string of the molecule is Cc1nc(OCC(=O)NCCN2CCOCC2)c2c(C)c(C)oc2n1. The molecule has 1 N–H and O–H groups in total. The Hall–Kier alpha value is -2.19. The lowest BCUT2D eigenvalue weighted by molar-refractivity contribution is -0.123. The van der Waals surface area contributed by atoms with Crippen LogP contribution in [0.1, 0.15) is 17.1 Å². The van der Waals surface area contributed by atoms with E-state index >= 15 is 0 Å². The molecule has 1 fully saturated rings. The molecule has 25 heavy (non-hydrogen) atoms. The first-order valence-electron chi connectivity index (χ1n) is 8.48. The number of nitrogens with zero attached hydrogens (tertiary/aromatic N) is 3. The third-order valence-electron chi connectivity index (χ3n) is 4.30. The van der Waals surface area contributed by atoms with Crippen LogP contribution >= 0.6 is 0 Å². The van der Waals surface area contributed by atoms with Gasteiger partial charge in [-0.1, -0.05) is 0 Å². The number of hydrogen-bond acceptors (Lipinski definition) is 7. The standard InChI is InChI=1S/C17H24N4O4/c1-11-12(2)25-17-15(11)16(19-13(3)20-17)24-10-14(22)18-4-5-21-6-8-23-9-7-21/h4-10H2,1-3H3,(H,18,22). The van der Waals surface area contributed by atoms with Crippen LogP contribution in [0, 0.1) is 20.8 Å². The molecule has 0 unspecified atom stereocenters. The number of carbonyl (C=O) groups excluding carboxylic acids is 1. The van der Waals surface area contributed by atoms with E-state index in [9.17, 15) is 4.79 Å².